The van der Waals surface area contributed by atoms with Crippen LogP contribution in [0.4, 0.5) is 0 Å². The van der Waals surface area contributed by atoms with Gasteiger partial charge < -0.3 is 56.3 Å². The van der Waals surface area contributed by atoms with Gasteiger partial charge in [0, 0.05) is 89.0 Å². The monoisotopic (exact) mass is 1030 g/mol. The van der Waals surface area contributed by atoms with E-state index in [-0.39, 0.29) is 53.1 Å². The van der Waals surface area contributed by atoms with Gasteiger partial charge in [-0.25, -0.2) is 9.97 Å². The summed E-state index contributed by atoms with van der Waals surface area (Å²) in [5.74, 6) is 0.127. The molecule has 8 rings (SSSR count). The Morgan fingerprint density at radius 3 is 2.55 bits per heavy atom. The van der Waals surface area contributed by atoms with E-state index in [9.17, 15) is 14.7 Å². The Labute approximate surface area is 438 Å². The molecule has 2 amide bonds. The van der Waals surface area contributed by atoms with Crippen LogP contribution in [0.2, 0.25) is 0 Å². The number of pyridine rings is 1. The minimum Gasteiger partial charge on any atom is -0.506 e. The quantitative estimate of drug-likeness (QED) is 0.0370. The van der Waals surface area contributed by atoms with E-state index in [1.165, 1.54) is 0 Å². The molecule has 3 aromatic heterocycles. The molecular formula is C54H73N13O6S. The number of likely N-dealkylation sites (tertiary alicyclic amines) is 1. The Bertz CT molecular complexity index is 2690. The molecule has 1 aromatic carbocycles. The summed E-state index contributed by atoms with van der Waals surface area (Å²) in [5, 5.41) is 32.8. The first-order valence-corrected chi connectivity index (χ1v) is 26.7. The van der Waals surface area contributed by atoms with Crippen LogP contribution in [0.3, 0.4) is 0 Å². The van der Waals surface area contributed by atoms with Crippen LogP contribution in [0.1, 0.15) is 87.9 Å². The number of hydrogen-bond donors (Lipinski definition) is 7. The van der Waals surface area contributed by atoms with Gasteiger partial charge in [0.15, 0.2) is 5.76 Å². The number of dihydropyridines is 1. The molecule has 3 saturated heterocycles. The molecule has 74 heavy (non-hydrogen) atoms. The first-order chi connectivity index (χ1) is 35.7. The molecule has 4 aromatic rings. The Kier molecular flexibility index (Phi) is 18.1. The van der Waals surface area contributed by atoms with Crippen LogP contribution >= 0.6 is 11.3 Å². The smallest absolute Gasteiger partial charge is 0.254 e. The molecule has 3 fully saturated rings. The zero-order chi connectivity index (χ0) is 52.3. The lowest BCUT2D eigenvalue weighted by Crippen LogP contribution is -2.53. The lowest BCUT2D eigenvalue weighted by Gasteiger charge is -2.39. The predicted octanol–water partition coefficient (Wildman–Crippen LogP) is 5.68. The first kappa shape index (κ1) is 53.5. The molecule has 0 radical (unpaired) electrons. The molecule has 0 aliphatic carbocycles. The second kappa shape index (κ2) is 25.0. The predicted molar refractivity (Wildman–Crippen MR) is 286 cm³/mol. The van der Waals surface area contributed by atoms with Crippen molar-refractivity contribution >= 4 is 29.0 Å². The van der Waals surface area contributed by atoms with E-state index < -0.39 is 12.0 Å². The van der Waals surface area contributed by atoms with Gasteiger partial charge in [0.2, 0.25) is 17.7 Å². The average molecular weight is 1030 g/mol. The van der Waals surface area contributed by atoms with Gasteiger partial charge in [0.1, 0.15) is 42.5 Å². The van der Waals surface area contributed by atoms with E-state index in [2.05, 4.69) is 59.9 Å². The SMILES string of the molecule is Cc1ncsc1-c1ccc(C(C)NC(=O)C2CCCN2C(=O)C(c2cc(OCCN3CCN(CCOc4cc(CN(CC5CCCN5)/C(=C/C(N)=C5\NC=CC=C5O)C(=N)N)ccn4)C(C)C3)no2)C(C)C)cc1. The highest BCUT2D eigenvalue weighted by Crippen LogP contribution is 2.33. The van der Waals surface area contributed by atoms with Crippen molar-refractivity contribution in [2.24, 2.45) is 17.4 Å². The van der Waals surface area contributed by atoms with Crippen LogP contribution in [0, 0.1) is 18.3 Å². The number of amides is 2. The fourth-order valence-corrected chi connectivity index (χ4v) is 11.1. The Hall–Kier alpha value is -6.74. The zero-order valence-corrected chi connectivity index (χ0v) is 44.1. The molecule has 9 N–H and O–H groups in total. The number of nitrogens with zero attached hydrogens (tertiary/aromatic N) is 7. The number of amidine groups is 1. The van der Waals surface area contributed by atoms with Gasteiger partial charge >= 0.3 is 0 Å². The third-order valence-electron chi connectivity index (χ3n) is 14.3. The highest BCUT2D eigenvalue weighted by molar-refractivity contribution is 7.13. The number of rotatable bonds is 22. The number of hydrogen-bond acceptors (Lipinski definition) is 17. The maximum Gasteiger partial charge on any atom is 0.254 e. The number of allylic oxidation sites excluding steroid dienone is 3. The number of ether oxygens (including phenoxy) is 2. The minimum absolute atomic E-state index is 0.00103. The van der Waals surface area contributed by atoms with Crippen molar-refractivity contribution < 1.29 is 28.7 Å². The topological polar surface area (TPSA) is 250 Å². The molecule has 0 spiro atoms. The number of nitrogens with two attached hydrogens (primary N) is 2. The number of thiazole rings is 1. The summed E-state index contributed by atoms with van der Waals surface area (Å²) in [7, 11) is 0. The molecule has 0 saturated carbocycles. The maximum absolute atomic E-state index is 14.2. The number of aliphatic hydroxyl groups excluding tert-OH is 1. The molecule has 20 heteroatoms. The average Bonchev–Trinajstić information content (AvgIpc) is 4.24. The summed E-state index contributed by atoms with van der Waals surface area (Å²) in [6.07, 6.45) is 11.7. The number of nitrogens with one attached hydrogen (secondary N) is 4. The molecule has 4 aliphatic heterocycles. The van der Waals surface area contributed by atoms with Gasteiger partial charge in [0.25, 0.3) is 5.88 Å². The zero-order valence-electron chi connectivity index (χ0n) is 43.3. The van der Waals surface area contributed by atoms with Crippen LogP contribution in [-0.2, 0) is 16.1 Å². The number of carbonyl (C=O) groups is 2. The second-order valence-corrected chi connectivity index (χ2v) is 20.8. The number of aromatic nitrogens is 3. The molecule has 5 atom stereocenters. The van der Waals surface area contributed by atoms with Crippen LogP contribution in [0.25, 0.3) is 10.4 Å². The van der Waals surface area contributed by atoms with Crippen molar-refractivity contribution in [1.29, 1.82) is 5.41 Å². The molecule has 5 unspecified atom stereocenters. The minimum atomic E-state index is -0.616. The maximum atomic E-state index is 14.2. The van der Waals surface area contributed by atoms with E-state index in [0.29, 0.717) is 74.7 Å². The van der Waals surface area contributed by atoms with Gasteiger partial charge in [-0.15, -0.1) is 11.3 Å². The van der Waals surface area contributed by atoms with Crippen LogP contribution < -0.4 is 36.9 Å². The summed E-state index contributed by atoms with van der Waals surface area (Å²) >= 11 is 1.61. The summed E-state index contributed by atoms with van der Waals surface area (Å²) in [6, 6.07) is 13.5. The Balaban J connectivity index is 0.784. The highest BCUT2D eigenvalue weighted by Gasteiger charge is 2.40. The summed E-state index contributed by atoms with van der Waals surface area (Å²) in [5.41, 5.74) is 19.6. The third kappa shape index (κ3) is 13.5. The summed E-state index contributed by atoms with van der Waals surface area (Å²) in [4.78, 5) is 46.5. The summed E-state index contributed by atoms with van der Waals surface area (Å²) in [6.45, 7) is 17.5. The number of carbonyl (C=O) groups excluding carboxylic acids is 2. The Morgan fingerprint density at radius 1 is 1.04 bits per heavy atom. The van der Waals surface area contributed by atoms with Gasteiger partial charge in [-0.3, -0.25) is 24.8 Å². The standard InChI is InChI=1S/C54H73N13O6S/c1-34(2)49(54(70)67-20-8-10-43(67)53(69)62-36(4)39-12-14-40(15-13-39)51-37(5)61-33-74-51)46-29-48(63-73-46)72-25-23-64-21-22-65(35(3)30-64)24-26-71-47-27-38(16-19-59-47)31-66(32-41-9-6-17-58-41)44(52(56)57)28-42(55)50-45(68)11-7-18-60-50/h7,11-16,18-19,27-29,33-36,41,43,49,58,60,68H,6,8-10,17,20-26,30-32,55H2,1-5H3,(H3,56,57)(H,62,69)/b44-28+,50-42+. The molecule has 7 heterocycles. The van der Waals surface area contributed by atoms with E-state index in [0.717, 1.165) is 79.2 Å². The highest BCUT2D eigenvalue weighted by atomic mass is 32.1. The van der Waals surface area contributed by atoms with Crippen molar-refractivity contribution in [1.82, 2.24) is 50.7 Å². The second-order valence-electron chi connectivity index (χ2n) is 20.0. The van der Waals surface area contributed by atoms with Crippen molar-refractivity contribution in [3.8, 4) is 22.2 Å². The molecule has 0 bridgehead atoms. The van der Waals surface area contributed by atoms with Gasteiger partial charge in [-0.1, -0.05) is 38.1 Å². The lowest BCUT2D eigenvalue weighted by molar-refractivity contribution is -0.141. The van der Waals surface area contributed by atoms with Crippen molar-refractivity contribution in [2.45, 2.75) is 96.9 Å². The number of piperazine rings is 1. The number of benzene rings is 1. The normalized spacial score (nSPS) is 21.0. The molecule has 396 valence electrons. The number of aryl methyl sites for hydroxylation is 1. The van der Waals surface area contributed by atoms with Crippen molar-refractivity contribution in [2.75, 3.05) is 65.6 Å². The van der Waals surface area contributed by atoms with Crippen LogP contribution in [0.15, 0.2) is 106 Å². The van der Waals surface area contributed by atoms with Gasteiger partial charge in [-0.05, 0) is 105 Å². The van der Waals surface area contributed by atoms with E-state index in [1.807, 2.05) is 62.4 Å². The number of aliphatic hydroxyl groups is 1. The van der Waals surface area contributed by atoms with Crippen molar-refractivity contribution in [3.63, 3.8) is 0 Å². The molecule has 19 nitrogen and oxygen atoms in total. The summed E-state index contributed by atoms with van der Waals surface area (Å²) < 4.78 is 18.1. The third-order valence-corrected chi connectivity index (χ3v) is 15.3. The first-order valence-electron chi connectivity index (χ1n) is 25.8. The van der Waals surface area contributed by atoms with E-state index in [1.54, 1.807) is 52.9 Å². The van der Waals surface area contributed by atoms with Crippen LogP contribution in [0.5, 0.6) is 11.8 Å². The fraction of sp³-hybridized carbons (Fsp3) is 0.481. The van der Waals surface area contributed by atoms with Gasteiger partial charge in [0.05, 0.1) is 33.5 Å². The molecular weight excluding hydrogens is 959 g/mol. The Morgan fingerprint density at radius 2 is 1.84 bits per heavy atom. The molecule has 4 aliphatic rings. The van der Waals surface area contributed by atoms with E-state index in [4.69, 9.17) is 30.9 Å². The van der Waals surface area contributed by atoms with Crippen LogP contribution in [-0.4, -0.2) is 141 Å². The van der Waals surface area contributed by atoms with Crippen molar-refractivity contribution in [3.05, 3.63) is 124 Å². The van der Waals surface area contributed by atoms with E-state index >= 15 is 0 Å². The largest absolute Gasteiger partial charge is 0.506 e. The fourth-order valence-electron chi connectivity index (χ4n) is 10.2. The van der Waals surface area contributed by atoms with Gasteiger partial charge in [-0.2, -0.15) is 0 Å². The lowest BCUT2D eigenvalue weighted by atomic mass is 9.91.